The zero-order valence-electron chi connectivity index (χ0n) is 8.72. The number of aromatic nitrogens is 3. The van der Waals surface area contributed by atoms with Gasteiger partial charge in [0.15, 0.2) is 5.82 Å². The highest BCUT2D eigenvalue weighted by atomic mass is 19.4. The van der Waals surface area contributed by atoms with Crippen LogP contribution >= 0.6 is 0 Å². The minimum Gasteiger partial charge on any atom is -0.478 e. The highest BCUT2D eigenvalue weighted by Gasteiger charge is 2.33. The van der Waals surface area contributed by atoms with Crippen LogP contribution < -0.4 is 0 Å². The number of halogens is 3. The zero-order valence-corrected chi connectivity index (χ0v) is 8.72. The fraction of sp³-hybridized carbons (Fsp3) is 0.100. The van der Waals surface area contributed by atoms with Gasteiger partial charge in [0.1, 0.15) is 17.6 Å². The Bertz CT molecular complexity index is 579. The first-order valence-corrected chi connectivity index (χ1v) is 4.69. The van der Waals surface area contributed by atoms with E-state index in [1.54, 1.807) is 0 Å². The number of imidazole rings is 1. The van der Waals surface area contributed by atoms with Gasteiger partial charge < -0.3 is 5.11 Å². The second-order valence-electron chi connectivity index (χ2n) is 3.34. The van der Waals surface area contributed by atoms with Gasteiger partial charge in [-0.05, 0) is 12.1 Å². The van der Waals surface area contributed by atoms with Crippen LogP contribution in [0, 0.1) is 0 Å². The summed E-state index contributed by atoms with van der Waals surface area (Å²) < 4.78 is 38.6. The monoisotopic (exact) mass is 257 g/mol. The molecule has 5 nitrogen and oxygen atoms in total. The number of carbonyl (C=O) groups is 1. The van der Waals surface area contributed by atoms with Gasteiger partial charge in [-0.25, -0.2) is 14.8 Å². The Morgan fingerprint density at radius 3 is 2.56 bits per heavy atom. The third-order valence-corrected chi connectivity index (χ3v) is 2.14. The van der Waals surface area contributed by atoms with E-state index in [1.165, 1.54) is 18.7 Å². The van der Waals surface area contributed by atoms with Gasteiger partial charge in [0.2, 0.25) is 0 Å². The molecule has 2 aromatic rings. The van der Waals surface area contributed by atoms with Crippen molar-refractivity contribution in [1.29, 1.82) is 0 Å². The Morgan fingerprint density at radius 2 is 2.06 bits per heavy atom. The van der Waals surface area contributed by atoms with Crippen molar-refractivity contribution < 1.29 is 23.1 Å². The lowest BCUT2D eigenvalue weighted by atomic mass is 10.2. The minimum atomic E-state index is -4.63. The van der Waals surface area contributed by atoms with Crippen molar-refractivity contribution >= 4 is 5.97 Å². The van der Waals surface area contributed by atoms with E-state index < -0.39 is 17.8 Å². The van der Waals surface area contributed by atoms with Crippen molar-refractivity contribution in [3.63, 3.8) is 0 Å². The predicted molar refractivity (Wildman–Crippen MR) is 53.3 cm³/mol. The molecule has 0 radical (unpaired) electrons. The molecule has 0 amide bonds. The van der Waals surface area contributed by atoms with Gasteiger partial charge in [-0.2, -0.15) is 13.2 Å². The molecule has 0 spiro atoms. The zero-order chi connectivity index (χ0) is 13.3. The molecule has 0 aromatic carbocycles. The summed E-state index contributed by atoms with van der Waals surface area (Å²) in [4.78, 5) is 17.9. The van der Waals surface area contributed by atoms with Crippen LogP contribution in [-0.2, 0) is 6.18 Å². The molecule has 0 saturated heterocycles. The summed E-state index contributed by atoms with van der Waals surface area (Å²) in [5.74, 6) is -1.69. The summed E-state index contributed by atoms with van der Waals surface area (Å²) in [6.45, 7) is 0. The molecule has 2 heterocycles. The standard InChI is InChI=1S/C10H6F3N3O2/c11-10(12,13)7-2-1-6(9(17)18)8(15-7)16-4-3-14-5-16/h1-5H,(H,17,18). The molecule has 0 unspecified atom stereocenters. The van der Waals surface area contributed by atoms with Crippen molar-refractivity contribution in [2.75, 3.05) is 0 Å². The van der Waals surface area contributed by atoms with Gasteiger partial charge in [0, 0.05) is 12.4 Å². The molecule has 2 rings (SSSR count). The Morgan fingerprint density at radius 1 is 1.33 bits per heavy atom. The molecule has 0 atom stereocenters. The van der Waals surface area contributed by atoms with Crippen molar-refractivity contribution in [3.05, 3.63) is 42.1 Å². The second-order valence-corrected chi connectivity index (χ2v) is 3.34. The van der Waals surface area contributed by atoms with Crippen LogP contribution in [0.3, 0.4) is 0 Å². The molecule has 0 aliphatic heterocycles. The van der Waals surface area contributed by atoms with Crippen molar-refractivity contribution in [1.82, 2.24) is 14.5 Å². The fourth-order valence-electron chi connectivity index (χ4n) is 1.35. The molecule has 94 valence electrons. The lowest BCUT2D eigenvalue weighted by Crippen LogP contribution is -2.13. The van der Waals surface area contributed by atoms with Crippen molar-refractivity contribution in [3.8, 4) is 5.82 Å². The van der Waals surface area contributed by atoms with Crippen molar-refractivity contribution in [2.24, 2.45) is 0 Å². The first-order chi connectivity index (χ1) is 8.39. The van der Waals surface area contributed by atoms with E-state index in [2.05, 4.69) is 9.97 Å². The molecule has 0 bridgehead atoms. The summed E-state index contributed by atoms with van der Waals surface area (Å²) in [6, 6.07) is 1.50. The van der Waals surface area contributed by atoms with Crippen LogP contribution in [0.25, 0.3) is 5.82 Å². The third kappa shape index (κ3) is 2.17. The number of carboxylic acids is 1. The molecular weight excluding hydrogens is 251 g/mol. The van der Waals surface area contributed by atoms with Gasteiger partial charge in [0.05, 0.1) is 0 Å². The molecule has 18 heavy (non-hydrogen) atoms. The summed E-state index contributed by atoms with van der Waals surface area (Å²) in [7, 11) is 0. The quantitative estimate of drug-likeness (QED) is 0.893. The first kappa shape index (κ1) is 12.1. The molecule has 8 heteroatoms. The van der Waals surface area contributed by atoms with E-state index in [9.17, 15) is 18.0 Å². The number of rotatable bonds is 2. The Labute approximate surface area is 98.5 Å². The maximum Gasteiger partial charge on any atom is 0.433 e. The number of pyridine rings is 1. The molecular formula is C10H6F3N3O2. The van der Waals surface area contributed by atoms with Crippen LogP contribution in [0.1, 0.15) is 16.1 Å². The smallest absolute Gasteiger partial charge is 0.433 e. The number of aromatic carboxylic acids is 1. The maximum absolute atomic E-state index is 12.5. The van der Waals surface area contributed by atoms with Crippen LogP contribution in [0.5, 0.6) is 0 Å². The van der Waals surface area contributed by atoms with Crippen LogP contribution in [0.2, 0.25) is 0 Å². The Balaban J connectivity index is 2.63. The molecule has 0 fully saturated rings. The number of nitrogens with zero attached hydrogens (tertiary/aromatic N) is 3. The lowest BCUT2D eigenvalue weighted by molar-refractivity contribution is -0.141. The Hall–Kier alpha value is -2.38. The fourth-order valence-corrected chi connectivity index (χ4v) is 1.35. The minimum absolute atomic E-state index is 0.324. The molecule has 0 aliphatic rings. The molecule has 1 N–H and O–H groups in total. The average molecular weight is 257 g/mol. The summed E-state index contributed by atoms with van der Waals surface area (Å²) >= 11 is 0. The number of hydrogen-bond acceptors (Lipinski definition) is 3. The van der Waals surface area contributed by atoms with Gasteiger partial charge in [-0.1, -0.05) is 0 Å². The third-order valence-electron chi connectivity index (χ3n) is 2.14. The summed E-state index contributed by atoms with van der Waals surface area (Å²) in [5.41, 5.74) is -1.49. The lowest BCUT2D eigenvalue weighted by Gasteiger charge is -2.10. The van der Waals surface area contributed by atoms with Crippen LogP contribution in [-0.4, -0.2) is 25.6 Å². The SMILES string of the molecule is O=C(O)c1ccc(C(F)(F)F)nc1-n1ccnc1. The van der Waals surface area contributed by atoms with Gasteiger partial charge in [0.25, 0.3) is 0 Å². The van der Waals surface area contributed by atoms with E-state index >= 15 is 0 Å². The first-order valence-electron chi connectivity index (χ1n) is 4.69. The van der Waals surface area contributed by atoms with E-state index in [-0.39, 0.29) is 11.4 Å². The number of hydrogen-bond donors (Lipinski definition) is 1. The van der Waals surface area contributed by atoms with E-state index in [4.69, 9.17) is 5.11 Å². The van der Waals surface area contributed by atoms with Crippen molar-refractivity contribution in [2.45, 2.75) is 6.18 Å². The summed E-state index contributed by atoms with van der Waals surface area (Å²) in [6.07, 6.45) is -0.830. The van der Waals surface area contributed by atoms with Crippen LogP contribution in [0.15, 0.2) is 30.9 Å². The van der Waals surface area contributed by atoms with Crippen LogP contribution in [0.4, 0.5) is 13.2 Å². The number of alkyl halides is 3. The average Bonchev–Trinajstić information content (AvgIpc) is 2.80. The van der Waals surface area contributed by atoms with E-state index in [0.717, 1.165) is 10.6 Å². The van der Waals surface area contributed by atoms with Gasteiger partial charge in [-0.3, -0.25) is 4.57 Å². The maximum atomic E-state index is 12.5. The van der Waals surface area contributed by atoms with Gasteiger partial charge >= 0.3 is 12.1 Å². The highest BCUT2D eigenvalue weighted by Crippen LogP contribution is 2.29. The molecule has 0 saturated carbocycles. The Kier molecular flexibility index (Phi) is 2.77. The number of carboxylic acid groups (broad SMARTS) is 1. The summed E-state index contributed by atoms with van der Waals surface area (Å²) in [5, 5.41) is 8.90. The topological polar surface area (TPSA) is 68.0 Å². The molecule has 0 aliphatic carbocycles. The second kappa shape index (κ2) is 4.13. The normalized spacial score (nSPS) is 11.5. The predicted octanol–water partition coefficient (Wildman–Crippen LogP) is 1.98. The molecule has 2 aromatic heterocycles. The van der Waals surface area contributed by atoms with E-state index in [1.807, 2.05) is 0 Å². The largest absolute Gasteiger partial charge is 0.478 e. The van der Waals surface area contributed by atoms with E-state index in [0.29, 0.717) is 6.07 Å². The van der Waals surface area contributed by atoms with Gasteiger partial charge in [-0.15, -0.1) is 0 Å². The highest BCUT2D eigenvalue weighted by molar-refractivity contribution is 5.91.